The molecule has 1 aromatic rings. The Bertz CT molecular complexity index is 578. The largest absolute Gasteiger partial charge is 0.498 e. The molecule has 1 aliphatic rings. The van der Waals surface area contributed by atoms with Gasteiger partial charge in [0.25, 0.3) is 0 Å². The second kappa shape index (κ2) is 7.85. The van der Waals surface area contributed by atoms with Crippen molar-refractivity contribution in [3.8, 4) is 5.75 Å². The van der Waals surface area contributed by atoms with E-state index in [1.807, 2.05) is 6.92 Å². The van der Waals surface area contributed by atoms with Crippen molar-refractivity contribution in [2.45, 2.75) is 57.7 Å². The van der Waals surface area contributed by atoms with Crippen molar-refractivity contribution in [1.82, 2.24) is 0 Å². The van der Waals surface area contributed by atoms with Crippen LogP contribution in [0.25, 0.3) is 0 Å². The lowest BCUT2D eigenvalue weighted by Crippen LogP contribution is -2.27. The zero-order chi connectivity index (χ0) is 17.7. The first-order valence-electron chi connectivity index (χ1n) is 7.85. The molecule has 1 unspecified atom stereocenters. The molecule has 0 saturated carbocycles. The van der Waals surface area contributed by atoms with Crippen LogP contribution in [-0.4, -0.2) is 12.2 Å². The van der Waals surface area contributed by atoms with Crippen LogP contribution < -0.4 is 4.74 Å². The fourth-order valence-corrected chi connectivity index (χ4v) is 2.53. The molecule has 0 N–H and O–H groups in total. The molecule has 7 heteroatoms. The van der Waals surface area contributed by atoms with Crippen molar-refractivity contribution in [2.75, 3.05) is 0 Å². The standard InChI is InChI=1S/C17H19F5O2/c1-2-3-11-4-5-12(23-10-11)6-7-17(21,22)24-13-8-14(18)16(20)15(19)9-13/h8-10,12H,2-7H2,1H3. The molecular formula is C17H19F5O2. The van der Waals surface area contributed by atoms with E-state index in [1.165, 1.54) is 0 Å². The van der Waals surface area contributed by atoms with Crippen LogP contribution in [0.15, 0.2) is 24.0 Å². The number of alkyl halides is 2. The minimum Gasteiger partial charge on any atom is -0.498 e. The molecule has 1 aromatic carbocycles. The first-order chi connectivity index (χ1) is 11.3. The Morgan fingerprint density at radius 3 is 2.42 bits per heavy atom. The molecule has 0 fully saturated rings. The summed E-state index contributed by atoms with van der Waals surface area (Å²) in [5, 5.41) is 0. The highest BCUT2D eigenvalue weighted by molar-refractivity contribution is 5.25. The van der Waals surface area contributed by atoms with Crippen LogP contribution in [0.2, 0.25) is 0 Å². The number of benzene rings is 1. The summed E-state index contributed by atoms with van der Waals surface area (Å²) >= 11 is 0. The zero-order valence-corrected chi connectivity index (χ0v) is 13.3. The van der Waals surface area contributed by atoms with Gasteiger partial charge in [0, 0.05) is 12.1 Å². The Kier molecular flexibility index (Phi) is 6.07. The van der Waals surface area contributed by atoms with Crippen molar-refractivity contribution in [2.24, 2.45) is 0 Å². The van der Waals surface area contributed by atoms with Gasteiger partial charge in [-0.1, -0.05) is 13.3 Å². The van der Waals surface area contributed by atoms with Crippen molar-refractivity contribution >= 4 is 0 Å². The summed E-state index contributed by atoms with van der Waals surface area (Å²) in [6, 6.07) is 0.784. The van der Waals surface area contributed by atoms with Gasteiger partial charge in [0.2, 0.25) is 0 Å². The Hall–Kier alpha value is -1.79. The molecule has 0 radical (unpaired) electrons. The molecule has 0 amide bonds. The Morgan fingerprint density at radius 2 is 1.88 bits per heavy atom. The molecule has 2 rings (SSSR count). The maximum atomic E-state index is 13.8. The Morgan fingerprint density at radius 1 is 1.21 bits per heavy atom. The van der Waals surface area contributed by atoms with Gasteiger partial charge >= 0.3 is 6.11 Å². The third-order valence-corrected chi connectivity index (χ3v) is 3.77. The summed E-state index contributed by atoms with van der Waals surface area (Å²) in [6.45, 7) is 2.05. The number of hydrogen-bond donors (Lipinski definition) is 0. The van der Waals surface area contributed by atoms with E-state index in [2.05, 4.69) is 4.74 Å². The third kappa shape index (κ3) is 5.11. The highest BCUT2D eigenvalue weighted by atomic mass is 19.3. The van der Waals surface area contributed by atoms with E-state index >= 15 is 0 Å². The van der Waals surface area contributed by atoms with Gasteiger partial charge in [0.05, 0.1) is 18.8 Å². The van der Waals surface area contributed by atoms with Gasteiger partial charge in [0.1, 0.15) is 5.75 Å². The van der Waals surface area contributed by atoms with Crippen LogP contribution in [0.4, 0.5) is 22.0 Å². The van der Waals surface area contributed by atoms with Crippen molar-refractivity contribution < 1.29 is 31.4 Å². The van der Waals surface area contributed by atoms with Crippen LogP contribution in [0, 0.1) is 17.5 Å². The first kappa shape index (κ1) is 18.5. The van der Waals surface area contributed by atoms with E-state index in [0.717, 1.165) is 24.8 Å². The summed E-state index contributed by atoms with van der Waals surface area (Å²) in [5.41, 5.74) is 1.16. The second-order valence-corrected chi connectivity index (χ2v) is 5.80. The summed E-state index contributed by atoms with van der Waals surface area (Å²) in [7, 11) is 0. The number of ether oxygens (including phenoxy) is 2. The third-order valence-electron chi connectivity index (χ3n) is 3.77. The lowest BCUT2D eigenvalue weighted by molar-refractivity contribution is -0.185. The average molecular weight is 350 g/mol. The summed E-state index contributed by atoms with van der Waals surface area (Å²) in [6.07, 6.45) is 0.381. The predicted molar refractivity (Wildman–Crippen MR) is 78.2 cm³/mol. The van der Waals surface area contributed by atoms with Crippen LogP contribution in [0.5, 0.6) is 5.75 Å². The van der Waals surface area contributed by atoms with Gasteiger partial charge in [-0.2, -0.15) is 8.78 Å². The van der Waals surface area contributed by atoms with Crippen LogP contribution in [0.1, 0.15) is 45.4 Å². The molecule has 1 atom stereocenters. The van der Waals surface area contributed by atoms with Gasteiger partial charge in [-0.15, -0.1) is 0 Å². The van der Waals surface area contributed by atoms with Gasteiger partial charge < -0.3 is 9.47 Å². The maximum Gasteiger partial charge on any atom is 0.397 e. The minimum atomic E-state index is -3.63. The molecular weight excluding hydrogens is 331 g/mol. The Balaban J connectivity index is 1.88. The summed E-state index contributed by atoms with van der Waals surface area (Å²) in [5.74, 6) is -5.64. The molecule has 0 bridgehead atoms. The van der Waals surface area contributed by atoms with Gasteiger partial charge in [0.15, 0.2) is 17.5 Å². The second-order valence-electron chi connectivity index (χ2n) is 5.80. The van der Waals surface area contributed by atoms with E-state index in [-0.39, 0.29) is 12.5 Å². The van der Waals surface area contributed by atoms with Gasteiger partial charge in [-0.25, -0.2) is 13.2 Å². The van der Waals surface area contributed by atoms with Gasteiger partial charge in [-0.3, -0.25) is 0 Å². The smallest absolute Gasteiger partial charge is 0.397 e. The topological polar surface area (TPSA) is 18.5 Å². The number of hydrogen-bond acceptors (Lipinski definition) is 2. The molecule has 1 heterocycles. The lowest BCUT2D eigenvalue weighted by atomic mass is 9.99. The summed E-state index contributed by atoms with van der Waals surface area (Å²) < 4.78 is 76.2. The monoisotopic (exact) mass is 350 g/mol. The maximum absolute atomic E-state index is 13.8. The Labute approximate surface area is 137 Å². The number of rotatable bonds is 7. The van der Waals surface area contributed by atoms with E-state index in [9.17, 15) is 22.0 Å². The normalized spacial score (nSPS) is 18.1. The average Bonchev–Trinajstić information content (AvgIpc) is 2.52. The molecule has 0 aliphatic carbocycles. The fraction of sp³-hybridized carbons (Fsp3) is 0.529. The van der Waals surface area contributed by atoms with E-state index in [1.54, 1.807) is 6.26 Å². The first-order valence-corrected chi connectivity index (χ1v) is 7.85. The van der Waals surface area contributed by atoms with Gasteiger partial charge in [-0.05, 0) is 31.3 Å². The SMILES string of the molecule is CCCC1=COC(CCC(F)(F)Oc2cc(F)c(F)c(F)c2)CC1. The van der Waals surface area contributed by atoms with E-state index < -0.39 is 35.7 Å². The number of allylic oxidation sites excluding steroid dienone is 1. The fourth-order valence-electron chi connectivity index (χ4n) is 2.53. The van der Waals surface area contributed by atoms with Crippen molar-refractivity contribution in [3.05, 3.63) is 41.4 Å². The highest BCUT2D eigenvalue weighted by Crippen LogP contribution is 2.31. The lowest BCUT2D eigenvalue weighted by Gasteiger charge is -2.25. The van der Waals surface area contributed by atoms with E-state index in [0.29, 0.717) is 18.6 Å². The summed E-state index contributed by atoms with van der Waals surface area (Å²) in [4.78, 5) is 0. The minimum absolute atomic E-state index is 0.0368. The molecule has 0 saturated heterocycles. The molecule has 0 aromatic heterocycles. The van der Waals surface area contributed by atoms with E-state index in [4.69, 9.17) is 4.74 Å². The van der Waals surface area contributed by atoms with Crippen LogP contribution in [-0.2, 0) is 4.74 Å². The molecule has 1 aliphatic heterocycles. The van der Waals surface area contributed by atoms with Crippen molar-refractivity contribution in [3.63, 3.8) is 0 Å². The van der Waals surface area contributed by atoms with Crippen LogP contribution >= 0.6 is 0 Å². The molecule has 2 nitrogen and oxygen atoms in total. The number of halogens is 5. The van der Waals surface area contributed by atoms with Crippen molar-refractivity contribution in [1.29, 1.82) is 0 Å². The highest BCUT2D eigenvalue weighted by Gasteiger charge is 2.33. The molecule has 24 heavy (non-hydrogen) atoms. The molecule has 134 valence electrons. The van der Waals surface area contributed by atoms with Crippen LogP contribution in [0.3, 0.4) is 0 Å². The zero-order valence-electron chi connectivity index (χ0n) is 13.3. The predicted octanol–water partition coefficient (Wildman–Crippen LogP) is 5.72. The quantitative estimate of drug-likeness (QED) is 0.463. The molecule has 0 spiro atoms.